The van der Waals surface area contributed by atoms with Gasteiger partial charge in [0.25, 0.3) is 0 Å². The number of rotatable bonds is 5. The van der Waals surface area contributed by atoms with Gasteiger partial charge in [-0.15, -0.1) is 0 Å². The van der Waals surface area contributed by atoms with Crippen LogP contribution in [0.4, 0.5) is 4.39 Å². The Balaban J connectivity index is 1.49. The summed E-state index contributed by atoms with van der Waals surface area (Å²) in [6.07, 6.45) is 1.59. The van der Waals surface area contributed by atoms with Crippen molar-refractivity contribution in [2.24, 2.45) is 0 Å². The maximum Gasteiger partial charge on any atom is 0.123 e. The maximum atomic E-state index is 12.8. The van der Waals surface area contributed by atoms with E-state index in [4.69, 9.17) is 4.74 Å². The summed E-state index contributed by atoms with van der Waals surface area (Å²) in [5, 5.41) is 9.53. The summed E-state index contributed by atoms with van der Waals surface area (Å²) in [7, 11) is 0. The van der Waals surface area contributed by atoms with Crippen molar-refractivity contribution in [2.45, 2.75) is 32.1 Å². The number of hydrogen-bond acceptors (Lipinski definition) is 3. The highest BCUT2D eigenvalue weighted by molar-refractivity contribution is 5.28. The van der Waals surface area contributed by atoms with E-state index in [2.05, 4.69) is 17.0 Å². The third-order valence-electron chi connectivity index (χ3n) is 4.21. The number of aliphatic hydroxyl groups excluding tert-OH is 1. The highest BCUT2D eigenvalue weighted by Gasteiger charge is 2.16. The number of likely N-dealkylation sites (tertiary alicyclic amines) is 1. The van der Waals surface area contributed by atoms with Crippen molar-refractivity contribution in [1.29, 1.82) is 0 Å². The average molecular weight is 315 g/mol. The van der Waals surface area contributed by atoms with Gasteiger partial charge >= 0.3 is 0 Å². The number of piperidine rings is 1. The Morgan fingerprint density at radius 2 is 1.57 bits per heavy atom. The number of aliphatic hydroxyl groups is 1. The molecule has 1 aliphatic rings. The van der Waals surface area contributed by atoms with E-state index in [-0.39, 0.29) is 11.9 Å². The normalized spacial score (nSPS) is 16.4. The molecule has 1 N–H and O–H groups in total. The molecule has 0 unspecified atom stereocenters. The molecule has 0 spiro atoms. The van der Waals surface area contributed by atoms with Crippen LogP contribution in [0.2, 0.25) is 0 Å². The zero-order chi connectivity index (χ0) is 16.1. The van der Waals surface area contributed by atoms with Crippen molar-refractivity contribution >= 4 is 0 Å². The first-order valence-electron chi connectivity index (χ1n) is 8.06. The Labute approximate surface area is 136 Å². The van der Waals surface area contributed by atoms with E-state index in [9.17, 15) is 9.50 Å². The number of nitrogens with zero attached hydrogens (tertiary/aromatic N) is 1. The van der Waals surface area contributed by atoms with Crippen molar-refractivity contribution in [3.05, 3.63) is 65.5 Å². The van der Waals surface area contributed by atoms with Crippen LogP contribution in [0.15, 0.2) is 48.5 Å². The second kappa shape index (κ2) is 7.57. The molecule has 1 heterocycles. The smallest absolute Gasteiger partial charge is 0.123 e. The Morgan fingerprint density at radius 1 is 0.957 bits per heavy atom. The first-order valence-corrected chi connectivity index (χ1v) is 8.06. The predicted molar refractivity (Wildman–Crippen MR) is 87.7 cm³/mol. The molecule has 0 atom stereocenters. The topological polar surface area (TPSA) is 32.7 Å². The van der Waals surface area contributed by atoms with Crippen molar-refractivity contribution in [2.75, 3.05) is 13.1 Å². The lowest BCUT2D eigenvalue weighted by Crippen LogP contribution is -2.35. The Kier molecular flexibility index (Phi) is 5.26. The van der Waals surface area contributed by atoms with Crippen molar-refractivity contribution in [1.82, 2.24) is 4.90 Å². The summed E-state index contributed by atoms with van der Waals surface area (Å²) in [5.74, 6) is 0.579. The van der Waals surface area contributed by atoms with E-state index < -0.39 is 0 Å². The predicted octanol–water partition coefficient (Wildman–Crippen LogP) is 3.36. The second-order valence-corrected chi connectivity index (χ2v) is 6.07. The van der Waals surface area contributed by atoms with Crippen LogP contribution in [0.1, 0.15) is 24.0 Å². The fourth-order valence-corrected chi connectivity index (χ4v) is 2.77. The quantitative estimate of drug-likeness (QED) is 0.918. The molecule has 0 radical (unpaired) electrons. The third-order valence-corrected chi connectivity index (χ3v) is 4.21. The average Bonchev–Trinajstić information content (AvgIpc) is 2.58. The number of benzene rings is 2. The van der Waals surface area contributed by atoms with Gasteiger partial charge in [0.1, 0.15) is 18.2 Å². The van der Waals surface area contributed by atoms with Crippen molar-refractivity contribution in [3.63, 3.8) is 0 Å². The molecular formula is C19H22FNO2. The zero-order valence-electron chi connectivity index (χ0n) is 13.1. The SMILES string of the molecule is OC1CCN(Cc2ccc(OCc3ccc(F)cc3)cc2)CC1. The van der Waals surface area contributed by atoms with Crippen LogP contribution in [-0.4, -0.2) is 29.2 Å². The second-order valence-electron chi connectivity index (χ2n) is 6.07. The molecule has 122 valence electrons. The first-order chi connectivity index (χ1) is 11.2. The van der Waals surface area contributed by atoms with Gasteiger partial charge in [0.15, 0.2) is 0 Å². The summed E-state index contributed by atoms with van der Waals surface area (Å²) in [6.45, 7) is 3.24. The monoisotopic (exact) mass is 315 g/mol. The minimum atomic E-state index is -0.233. The van der Waals surface area contributed by atoms with Crippen LogP contribution in [0.25, 0.3) is 0 Å². The van der Waals surface area contributed by atoms with Crippen molar-refractivity contribution in [3.8, 4) is 5.75 Å². The van der Waals surface area contributed by atoms with Crippen LogP contribution in [0.5, 0.6) is 5.75 Å². The summed E-state index contributed by atoms with van der Waals surface area (Å²) in [6, 6.07) is 14.4. The summed E-state index contributed by atoms with van der Waals surface area (Å²) in [4.78, 5) is 2.36. The number of hydrogen-bond donors (Lipinski definition) is 1. The fourth-order valence-electron chi connectivity index (χ4n) is 2.77. The molecule has 4 heteroatoms. The lowest BCUT2D eigenvalue weighted by atomic mass is 10.1. The van der Waals surface area contributed by atoms with Gasteiger partial charge in [-0.1, -0.05) is 24.3 Å². The molecule has 1 aliphatic heterocycles. The molecule has 3 rings (SSSR count). The Bertz CT molecular complexity index is 604. The van der Waals surface area contributed by atoms with E-state index in [1.54, 1.807) is 12.1 Å². The highest BCUT2D eigenvalue weighted by atomic mass is 19.1. The molecule has 1 fully saturated rings. The van der Waals surface area contributed by atoms with Gasteiger partial charge in [-0.25, -0.2) is 4.39 Å². The Hall–Kier alpha value is -1.91. The van der Waals surface area contributed by atoms with Gasteiger partial charge in [-0.3, -0.25) is 4.90 Å². The first kappa shape index (κ1) is 16.0. The molecule has 0 amide bonds. The van der Waals surface area contributed by atoms with E-state index in [0.717, 1.165) is 43.8 Å². The van der Waals surface area contributed by atoms with Crippen LogP contribution in [0, 0.1) is 5.82 Å². The summed E-state index contributed by atoms with van der Waals surface area (Å²) < 4.78 is 18.6. The lowest BCUT2D eigenvalue weighted by Gasteiger charge is -2.29. The number of ether oxygens (including phenoxy) is 1. The Morgan fingerprint density at radius 3 is 2.22 bits per heavy atom. The van der Waals surface area contributed by atoms with Crippen molar-refractivity contribution < 1.29 is 14.2 Å². The molecular weight excluding hydrogens is 293 g/mol. The van der Waals surface area contributed by atoms with Gasteiger partial charge in [0.2, 0.25) is 0 Å². The molecule has 1 saturated heterocycles. The lowest BCUT2D eigenvalue weighted by molar-refractivity contribution is 0.0792. The molecule has 2 aromatic carbocycles. The van der Waals surface area contributed by atoms with Gasteiger partial charge in [0, 0.05) is 19.6 Å². The van der Waals surface area contributed by atoms with E-state index in [0.29, 0.717) is 6.61 Å². The third kappa shape index (κ3) is 4.78. The highest BCUT2D eigenvalue weighted by Crippen LogP contribution is 2.18. The van der Waals surface area contributed by atoms with Gasteiger partial charge in [0.05, 0.1) is 6.10 Å². The largest absolute Gasteiger partial charge is 0.489 e. The van der Waals surface area contributed by atoms with Crippen LogP contribution >= 0.6 is 0 Å². The fraction of sp³-hybridized carbons (Fsp3) is 0.368. The molecule has 2 aromatic rings. The molecule has 23 heavy (non-hydrogen) atoms. The number of halogens is 1. The molecule has 3 nitrogen and oxygen atoms in total. The van der Waals surface area contributed by atoms with E-state index >= 15 is 0 Å². The van der Waals surface area contributed by atoms with Gasteiger partial charge in [-0.2, -0.15) is 0 Å². The maximum absolute atomic E-state index is 12.8. The zero-order valence-corrected chi connectivity index (χ0v) is 13.1. The van der Waals surface area contributed by atoms with Crippen LogP contribution < -0.4 is 4.74 Å². The van der Waals surface area contributed by atoms with E-state index in [1.807, 2.05) is 12.1 Å². The standard InChI is InChI=1S/C19H22FNO2/c20-17-5-1-16(2-6-17)14-23-19-7-3-15(4-8-19)13-21-11-9-18(22)10-12-21/h1-8,18,22H,9-14H2. The van der Waals surface area contributed by atoms with Crippen LogP contribution in [0.3, 0.4) is 0 Å². The molecule has 0 aromatic heterocycles. The molecule has 0 aliphatic carbocycles. The minimum absolute atomic E-state index is 0.131. The summed E-state index contributed by atoms with van der Waals surface area (Å²) >= 11 is 0. The minimum Gasteiger partial charge on any atom is -0.489 e. The van der Waals surface area contributed by atoms with E-state index in [1.165, 1.54) is 17.7 Å². The molecule has 0 saturated carbocycles. The summed E-state index contributed by atoms with van der Waals surface area (Å²) in [5.41, 5.74) is 2.19. The molecule has 0 bridgehead atoms. The van der Waals surface area contributed by atoms with Gasteiger partial charge < -0.3 is 9.84 Å². The van der Waals surface area contributed by atoms with Gasteiger partial charge in [-0.05, 0) is 48.2 Å². The van der Waals surface area contributed by atoms with Crippen LogP contribution in [-0.2, 0) is 13.2 Å².